The van der Waals surface area contributed by atoms with Crippen LogP contribution in [-0.4, -0.2) is 34.5 Å². The first-order valence-electron chi connectivity index (χ1n) is 6.29. The molecule has 0 spiro atoms. The number of hydrogen-bond donors (Lipinski definition) is 1. The highest BCUT2D eigenvalue weighted by Crippen LogP contribution is 2.28. The molecule has 102 valence electrons. The van der Waals surface area contributed by atoms with Gasteiger partial charge in [-0.1, -0.05) is 25.1 Å². The number of fused-ring (bicyclic) bond motifs is 1. The monoisotopic (exact) mass is 279 g/mol. The quantitative estimate of drug-likeness (QED) is 0.897. The molecule has 1 aromatic rings. The van der Waals surface area contributed by atoms with Crippen molar-refractivity contribution in [3.63, 3.8) is 0 Å². The van der Waals surface area contributed by atoms with Crippen molar-refractivity contribution >= 4 is 29.3 Å². The zero-order valence-electron chi connectivity index (χ0n) is 10.8. The maximum atomic E-state index is 12.2. The molecular weight excluding hydrogens is 262 g/mol. The molecule has 0 bridgehead atoms. The number of rotatable bonds is 5. The lowest BCUT2D eigenvalue weighted by atomic mass is 10.2. The van der Waals surface area contributed by atoms with Gasteiger partial charge in [0.1, 0.15) is 0 Å². The van der Waals surface area contributed by atoms with E-state index in [-0.39, 0.29) is 17.6 Å². The predicted octanol–water partition coefficient (Wildman–Crippen LogP) is 2.17. The van der Waals surface area contributed by atoms with Crippen molar-refractivity contribution in [2.45, 2.75) is 25.0 Å². The van der Waals surface area contributed by atoms with Crippen LogP contribution in [0.15, 0.2) is 24.3 Å². The smallest absolute Gasteiger partial charge is 0.304 e. The number of amides is 1. The summed E-state index contributed by atoms with van der Waals surface area (Å²) in [5, 5.41) is 8.64. The van der Waals surface area contributed by atoms with Crippen LogP contribution in [0.2, 0.25) is 0 Å². The molecule has 0 radical (unpaired) electrons. The average molecular weight is 279 g/mol. The van der Waals surface area contributed by atoms with Crippen LogP contribution in [0.4, 0.5) is 5.69 Å². The van der Waals surface area contributed by atoms with Crippen LogP contribution in [0.1, 0.15) is 18.9 Å². The number of benzene rings is 1. The molecular formula is C14H17NO3S. The van der Waals surface area contributed by atoms with Crippen molar-refractivity contribution in [2.24, 2.45) is 0 Å². The van der Waals surface area contributed by atoms with E-state index in [0.29, 0.717) is 5.75 Å². The fraction of sp³-hybridized carbons (Fsp3) is 0.429. The van der Waals surface area contributed by atoms with Gasteiger partial charge in [0, 0.05) is 17.5 Å². The fourth-order valence-electron chi connectivity index (χ4n) is 2.19. The standard InChI is InChI=1S/C14H17NO3S/c1-10(8-14(17)18)19-9-13(16)15-7-6-11-4-2-3-5-12(11)15/h2-5,10H,6-9H2,1H3,(H,17,18). The number of carbonyl (C=O) groups excluding carboxylic acids is 1. The van der Waals surface area contributed by atoms with E-state index >= 15 is 0 Å². The summed E-state index contributed by atoms with van der Waals surface area (Å²) in [6.45, 7) is 2.57. The Kier molecular flexibility index (Phi) is 4.47. The number of carboxylic acid groups (broad SMARTS) is 1. The van der Waals surface area contributed by atoms with Gasteiger partial charge < -0.3 is 10.0 Å². The number of carboxylic acids is 1. The zero-order chi connectivity index (χ0) is 13.8. The second-order valence-corrected chi connectivity index (χ2v) is 6.07. The SMILES string of the molecule is CC(CC(=O)O)SCC(=O)N1CCc2ccccc21. The van der Waals surface area contributed by atoms with Crippen molar-refractivity contribution in [2.75, 3.05) is 17.2 Å². The van der Waals surface area contributed by atoms with Crippen molar-refractivity contribution in [1.29, 1.82) is 0 Å². The molecule has 1 unspecified atom stereocenters. The van der Waals surface area contributed by atoms with Gasteiger partial charge in [0.15, 0.2) is 0 Å². The lowest BCUT2D eigenvalue weighted by Crippen LogP contribution is -2.31. The molecule has 2 rings (SSSR count). The summed E-state index contributed by atoms with van der Waals surface area (Å²) in [6.07, 6.45) is 0.992. The van der Waals surface area contributed by atoms with Crippen molar-refractivity contribution in [1.82, 2.24) is 0 Å². The number of para-hydroxylation sites is 1. The number of nitrogens with zero attached hydrogens (tertiary/aromatic N) is 1. The van der Waals surface area contributed by atoms with Crippen LogP contribution in [0.5, 0.6) is 0 Å². The van der Waals surface area contributed by atoms with Gasteiger partial charge in [-0.3, -0.25) is 9.59 Å². The van der Waals surface area contributed by atoms with E-state index in [4.69, 9.17) is 5.11 Å². The zero-order valence-corrected chi connectivity index (χ0v) is 11.7. The van der Waals surface area contributed by atoms with Gasteiger partial charge in [0.25, 0.3) is 0 Å². The Bertz CT molecular complexity index is 489. The topological polar surface area (TPSA) is 57.6 Å². The molecule has 1 aliphatic heterocycles. The second-order valence-electron chi connectivity index (χ2n) is 4.64. The summed E-state index contributed by atoms with van der Waals surface area (Å²) in [5.74, 6) is -0.422. The van der Waals surface area contributed by atoms with E-state index in [1.165, 1.54) is 17.3 Å². The molecule has 0 saturated heterocycles. The lowest BCUT2D eigenvalue weighted by molar-refractivity contribution is -0.136. The minimum Gasteiger partial charge on any atom is -0.481 e. The molecule has 0 aromatic heterocycles. The maximum Gasteiger partial charge on any atom is 0.304 e. The minimum atomic E-state index is -0.820. The predicted molar refractivity (Wildman–Crippen MR) is 76.7 cm³/mol. The highest BCUT2D eigenvalue weighted by Gasteiger charge is 2.24. The van der Waals surface area contributed by atoms with E-state index in [1.54, 1.807) is 4.90 Å². The third-order valence-corrected chi connectivity index (χ3v) is 4.29. The molecule has 1 atom stereocenters. The summed E-state index contributed by atoms with van der Waals surface area (Å²) >= 11 is 1.40. The molecule has 1 amide bonds. The average Bonchev–Trinajstić information content (AvgIpc) is 2.79. The number of thioether (sulfide) groups is 1. The third kappa shape index (κ3) is 3.50. The molecule has 5 heteroatoms. The summed E-state index contributed by atoms with van der Waals surface area (Å²) in [5.41, 5.74) is 2.21. The first-order chi connectivity index (χ1) is 9.08. The first kappa shape index (κ1) is 13.9. The second kappa shape index (κ2) is 6.10. The molecule has 0 fully saturated rings. The summed E-state index contributed by atoms with van der Waals surface area (Å²) < 4.78 is 0. The van der Waals surface area contributed by atoms with Crippen LogP contribution < -0.4 is 4.90 Å². The van der Waals surface area contributed by atoms with Crippen LogP contribution >= 0.6 is 11.8 Å². The molecule has 19 heavy (non-hydrogen) atoms. The van der Waals surface area contributed by atoms with E-state index in [1.807, 2.05) is 31.2 Å². The number of aliphatic carboxylic acids is 1. The van der Waals surface area contributed by atoms with Gasteiger partial charge in [-0.05, 0) is 18.1 Å². The Balaban J connectivity index is 1.90. The Morgan fingerprint density at radius 3 is 2.89 bits per heavy atom. The highest BCUT2D eigenvalue weighted by atomic mass is 32.2. The van der Waals surface area contributed by atoms with E-state index in [9.17, 15) is 9.59 Å². The number of carbonyl (C=O) groups is 2. The summed E-state index contributed by atoms with van der Waals surface area (Å²) in [7, 11) is 0. The molecule has 1 aliphatic rings. The Morgan fingerprint density at radius 2 is 2.16 bits per heavy atom. The van der Waals surface area contributed by atoms with Crippen molar-refractivity contribution in [3.05, 3.63) is 29.8 Å². The maximum absolute atomic E-state index is 12.2. The van der Waals surface area contributed by atoms with Crippen molar-refractivity contribution in [3.8, 4) is 0 Å². The molecule has 1 heterocycles. The molecule has 0 aliphatic carbocycles. The van der Waals surface area contributed by atoms with Crippen molar-refractivity contribution < 1.29 is 14.7 Å². The summed E-state index contributed by atoms with van der Waals surface area (Å²) in [4.78, 5) is 24.5. The van der Waals surface area contributed by atoms with E-state index < -0.39 is 5.97 Å². The lowest BCUT2D eigenvalue weighted by Gasteiger charge is -2.18. The third-order valence-electron chi connectivity index (χ3n) is 3.14. The van der Waals surface area contributed by atoms with Crippen LogP contribution in [0, 0.1) is 0 Å². The number of hydrogen-bond acceptors (Lipinski definition) is 3. The highest BCUT2D eigenvalue weighted by molar-refractivity contribution is 8.00. The van der Waals surface area contributed by atoms with E-state index in [2.05, 4.69) is 0 Å². The van der Waals surface area contributed by atoms with E-state index in [0.717, 1.165) is 18.7 Å². The Morgan fingerprint density at radius 1 is 1.42 bits per heavy atom. The van der Waals surface area contributed by atoms with Gasteiger partial charge in [0.05, 0.1) is 12.2 Å². The molecule has 1 N–H and O–H groups in total. The summed E-state index contributed by atoms with van der Waals surface area (Å²) in [6, 6.07) is 7.93. The normalized spacial score (nSPS) is 15.1. The molecule has 1 aromatic carbocycles. The van der Waals surface area contributed by atoms with Crippen LogP contribution in [0.3, 0.4) is 0 Å². The minimum absolute atomic E-state index is 0.0423. The fourth-order valence-corrected chi connectivity index (χ4v) is 3.04. The largest absolute Gasteiger partial charge is 0.481 e. The van der Waals surface area contributed by atoms with Gasteiger partial charge in [-0.2, -0.15) is 0 Å². The van der Waals surface area contributed by atoms with Gasteiger partial charge in [0.2, 0.25) is 5.91 Å². The molecule has 4 nitrogen and oxygen atoms in total. The molecule has 0 saturated carbocycles. The first-order valence-corrected chi connectivity index (χ1v) is 7.34. The van der Waals surface area contributed by atoms with Crippen LogP contribution in [-0.2, 0) is 16.0 Å². The van der Waals surface area contributed by atoms with Gasteiger partial charge >= 0.3 is 5.97 Å². The van der Waals surface area contributed by atoms with Gasteiger partial charge in [-0.15, -0.1) is 11.8 Å². The Labute approximate surface area is 116 Å². The number of anilines is 1. The van der Waals surface area contributed by atoms with Gasteiger partial charge in [-0.25, -0.2) is 0 Å². The Hall–Kier alpha value is -1.49. The van der Waals surface area contributed by atoms with Crippen LogP contribution in [0.25, 0.3) is 0 Å².